The lowest BCUT2D eigenvalue weighted by Crippen LogP contribution is -2.39. The number of nitrogens with one attached hydrogen (secondary N) is 1. The van der Waals surface area contributed by atoms with Crippen molar-refractivity contribution in [3.8, 4) is 28.4 Å². The fourth-order valence-corrected chi connectivity index (χ4v) is 3.68. The van der Waals surface area contributed by atoms with Crippen LogP contribution in [0.1, 0.15) is 28.8 Å². The quantitative estimate of drug-likeness (QED) is 0.701. The summed E-state index contributed by atoms with van der Waals surface area (Å²) >= 11 is 0. The summed E-state index contributed by atoms with van der Waals surface area (Å²) in [5, 5.41) is 23.7. The maximum atomic E-state index is 11.7. The fourth-order valence-electron chi connectivity index (χ4n) is 3.68. The number of carboxylic acid groups (broad SMARTS) is 1. The Balaban J connectivity index is 2.10. The molecule has 0 amide bonds. The van der Waals surface area contributed by atoms with Crippen LogP contribution < -0.4 is 19.5 Å². The van der Waals surface area contributed by atoms with E-state index in [2.05, 4.69) is 5.32 Å². The van der Waals surface area contributed by atoms with Gasteiger partial charge in [-0.3, -0.25) is 0 Å². The molecule has 1 fully saturated rings. The van der Waals surface area contributed by atoms with E-state index in [9.17, 15) is 15.0 Å². The van der Waals surface area contributed by atoms with Crippen LogP contribution in [0.25, 0.3) is 11.1 Å². The standard InChI is InChI=1S/C21H25NO6/c1-26-17-15(12-16(20(23)24)18(27-2)19(17)28-3)13-4-6-14(7-5-13)21(25)8-10-22-11-9-21/h4-7,12,22,25H,8-11H2,1-3H3,(H,23,24). The second-order valence-electron chi connectivity index (χ2n) is 6.74. The Morgan fingerprint density at radius 3 is 2.04 bits per heavy atom. The van der Waals surface area contributed by atoms with E-state index in [1.807, 2.05) is 24.3 Å². The Morgan fingerprint density at radius 2 is 1.54 bits per heavy atom. The predicted octanol–water partition coefficient (Wildman–Crippen LogP) is 2.65. The first-order valence-corrected chi connectivity index (χ1v) is 9.05. The van der Waals surface area contributed by atoms with E-state index in [1.165, 1.54) is 27.4 Å². The van der Waals surface area contributed by atoms with Crippen molar-refractivity contribution < 1.29 is 29.2 Å². The number of hydrogen-bond acceptors (Lipinski definition) is 6. The van der Waals surface area contributed by atoms with Crippen molar-refractivity contribution >= 4 is 5.97 Å². The number of benzene rings is 2. The second-order valence-corrected chi connectivity index (χ2v) is 6.74. The molecular formula is C21H25NO6. The van der Waals surface area contributed by atoms with Crippen molar-refractivity contribution in [2.45, 2.75) is 18.4 Å². The Morgan fingerprint density at radius 1 is 0.964 bits per heavy atom. The highest BCUT2D eigenvalue weighted by Crippen LogP contribution is 2.47. The number of piperidine rings is 1. The maximum Gasteiger partial charge on any atom is 0.339 e. The largest absolute Gasteiger partial charge is 0.492 e. The van der Waals surface area contributed by atoms with E-state index in [4.69, 9.17) is 14.2 Å². The molecule has 3 rings (SSSR count). The highest BCUT2D eigenvalue weighted by molar-refractivity contribution is 5.96. The molecule has 0 unspecified atom stereocenters. The van der Waals surface area contributed by atoms with Gasteiger partial charge in [-0.15, -0.1) is 0 Å². The zero-order valence-electron chi connectivity index (χ0n) is 16.2. The average Bonchev–Trinajstić information content (AvgIpc) is 2.72. The van der Waals surface area contributed by atoms with E-state index in [0.29, 0.717) is 24.2 Å². The zero-order valence-corrected chi connectivity index (χ0v) is 16.2. The van der Waals surface area contributed by atoms with E-state index in [-0.39, 0.29) is 17.1 Å². The van der Waals surface area contributed by atoms with E-state index >= 15 is 0 Å². The van der Waals surface area contributed by atoms with E-state index < -0.39 is 11.6 Å². The first-order valence-electron chi connectivity index (χ1n) is 9.05. The minimum atomic E-state index is -1.13. The third kappa shape index (κ3) is 3.50. The number of aromatic carboxylic acids is 1. The molecular weight excluding hydrogens is 362 g/mol. The van der Waals surface area contributed by atoms with Gasteiger partial charge in [0.15, 0.2) is 11.5 Å². The zero-order chi connectivity index (χ0) is 20.3. The summed E-state index contributed by atoms with van der Waals surface area (Å²) in [4.78, 5) is 11.7. The lowest BCUT2D eigenvalue weighted by atomic mass is 9.84. The molecule has 28 heavy (non-hydrogen) atoms. The first-order chi connectivity index (χ1) is 13.4. The monoisotopic (exact) mass is 387 g/mol. The molecule has 3 N–H and O–H groups in total. The van der Waals surface area contributed by atoms with Crippen LogP contribution in [0.4, 0.5) is 0 Å². The summed E-state index contributed by atoms with van der Waals surface area (Å²) in [6.45, 7) is 1.54. The number of carbonyl (C=O) groups is 1. The molecule has 1 heterocycles. The van der Waals surface area contributed by atoms with Crippen LogP contribution in [-0.2, 0) is 5.60 Å². The molecule has 0 saturated carbocycles. The fraction of sp³-hybridized carbons (Fsp3) is 0.381. The molecule has 0 bridgehead atoms. The number of methoxy groups -OCH3 is 3. The highest BCUT2D eigenvalue weighted by atomic mass is 16.5. The third-order valence-electron chi connectivity index (χ3n) is 5.20. The van der Waals surface area contributed by atoms with E-state index in [0.717, 1.165) is 24.2 Å². The summed E-state index contributed by atoms with van der Waals surface area (Å²) in [6, 6.07) is 8.96. The molecule has 7 heteroatoms. The SMILES string of the molecule is COc1c(C(=O)O)cc(-c2ccc(C3(O)CCNCC3)cc2)c(OC)c1OC. The molecule has 0 aromatic heterocycles. The first kappa shape index (κ1) is 20.0. The number of hydrogen-bond donors (Lipinski definition) is 3. The molecule has 1 saturated heterocycles. The van der Waals surface area contributed by atoms with Crippen molar-refractivity contribution in [1.82, 2.24) is 5.32 Å². The van der Waals surface area contributed by atoms with Crippen LogP contribution >= 0.6 is 0 Å². The molecule has 2 aromatic carbocycles. The van der Waals surface area contributed by atoms with E-state index in [1.54, 1.807) is 0 Å². The molecule has 0 radical (unpaired) electrons. The maximum absolute atomic E-state index is 11.7. The number of carboxylic acids is 1. The molecule has 0 atom stereocenters. The molecule has 7 nitrogen and oxygen atoms in total. The normalized spacial score (nSPS) is 15.7. The van der Waals surface area contributed by atoms with Crippen LogP contribution in [0.2, 0.25) is 0 Å². The molecule has 2 aromatic rings. The predicted molar refractivity (Wildman–Crippen MR) is 104 cm³/mol. The minimum absolute atomic E-state index is 0.0174. The second kappa shape index (κ2) is 8.08. The Bertz CT molecular complexity index is 856. The summed E-state index contributed by atoms with van der Waals surface area (Å²) in [5.74, 6) is -0.408. The molecule has 150 valence electrons. The van der Waals surface area contributed by atoms with Crippen molar-refractivity contribution in [1.29, 1.82) is 0 Å². The minimum Gasteiger partial charge on any atom is -0.492 e. The van der Waals surface area contributed by atoms with Crippen molar-refractivity contribution in [2.24, 2.45) is 0 Å². The summed E-state index contributed by atoms with van der Waals surface area (Å²) in [7, 11) is 4.32. The van der Waals surface area contributed by atoms with Crippen molar-refractivity contribution in [2.75, 3.05) is 34.4 Å². The summed E-state index contributed by atoms with van der Waals surface area (Å²) < 4.78 is 16.1. The molecule has 1 aliphatic heterocycles. The van der Waals surface area contributed by atoms with Crippen LogP contribution in [0.5, 0.6) is 17.2 Å². The summed E-state index contributed by atoms with van der Waals surface area (Å²) in [6.07, 6.45) is 1.30. The third-order valence-corrected chi connectivity index (χ3v) is 5.20. The Hall–Kier alpha value is -2.77. The smallest absolute Gasteiger partial charge is 0.339 e. The summed E-state index contributed by atoms with van der Waals surface area (Å²) in [5.41, 5.74) is 1.30. The lowest BCUT2D eigenvalue weighted by molar-refractivity contribution is 0.00595. The Labute approximate surface area is 163 Å². The van der Waals surface area contributed by atoms with Crippen LogP contribution in [0.3, 0.4) is 0 Å². The Kier molecular flexibility index (Phi) is 5.76. The van der Waals surface area contributed by atoms with Gasteiger partial charge in [0.2, 0.25) is 5.75 Å². The van der Waals surface area contributed by atoms with Gasteiger partial charge in [-0.2, -0.15) is 0 Å². The van der Waals surface area contributed by atoms with Gasteiger partial charge in [0.05, 0.1) is 26.9 Å². The van der Waals surface area contributed by atoms with Gasteiger partial charge in [0, 0.05) is 5.56 Å². The van der Waals surface area contributed by atoms with Crippen LogP contribution in [0, 0.1) is 0 Å². The van der Waals surface area contributed by atoms with Crippen molar-refractivity contribution in [3.63, 3.8) is 0 Å². The molecule has 1 aliphatic rings. The van der Waals surface area contributed by atoms with Crippen molar-refractivity contribution in [3.05, 3.63) is 41.5 Å². The van der Waals surface area contributed by atoms with Gasteiger partial charge >= 0.3 is 5.97 Å². The topological polar surface area (TPSA) is 97.3 Å². The number of ether oxygens (including phenoxy) is 3. The van der Waals surface area contributed by atoms with Crippen LogP contribution in [-0.4, -0.2) is 50.6 Å². The molecule has 0 aliphatic carbocycles. The molecule has 0 spiro atoms. The van der Waals surface area contributed by atoms with Gasteiger partial charge in [-0.1, -0.05) is 24.3 Å². The lowest BCUT2D eigenvalue weighted by Gasteiger charge is -2.33. The van der Waals surface area contributed by atoms with Gasteiger partial charge in [-0.25, -0.2) is 4.79 Å². The van der Waals surface area contributed by atoms with Gasteiger partial charge in [0.25, 0.3) is 0 Å². The average molecular weight is 387 g/mol. The van der Waals surface area contributed by atoms with Gasteiger partial charge < -0.3 is 29.7 Å². The van der Waals surface area contributed by atoms with Gasteiger partial charge in [-0.05, 0) is 43.1 Å². The highest BCUT2D eigenvalue weighted by Gasteiger charge is 2.31. The number of rotatable bonds is 6. The van der Waals surface area contributed by atoms with Crippen LogP contribution in [0.15, 0.2) is 30.3 Å². The number of aliphatic hydroxyl groups is 1. The van der Waals surface area contributed by atoms with Gasteiger partial charge in [0.1, 0.15) is 5.56 Å².